The first kappa shape index (κ1) is 22.5. The van der Waals surface area contributed by atoms with Crippen molar-refractivity contribution in [2.45, 2.75) is 25.7 Å². The average molecular weight is 535 g/mol. The van der Waals surface area contributed by atoms with Gasteiger partial charge in [-0.05, 0) is 44.7 Å². The zero-order valence-electron chi connectivity index (χ0n) is 13.8. The molecule has 28 heavy (non-hydrogen) atoms. The maximum absolute atomic E-state index is 13.4. The Morgan fingerprint density at radius 1 is 0.786 bits per heavy atom. The largest absolute Gasteiger partial charge is 0.420 e. The fourth-order valence-electron chi connectivity index (χ4n) is 2.28. The first-order valence-electron chi connectivity index (χ1n) is 7.71. The average Bonchev–Trinajstić information content (AvgIpc) is 2.85. The van der Waals surface area contributed by atoms with Crippen molar-refractivity contribution in [2.24, 2.45) is 0 Å². The molecule has 1 heterocycles. The molecule has 1 aliphatic heterocycles. The van der Waals surface area contributed by atoms with Gasteiger partial charge in [-0.3, -0.25) is 19.3 Å². The maximum atomic E-state index is 13.4. The van der Waals surface area contributed by atoms with Crippen molar-refractivity contribution < 1.29 is 41.1 Å². The smallest absolute Gasteiger partial charge is 0.311 e. The molecule has 0 saturated carbocycles. The second kappa shape index (κ2) is 9.12. The number of carbonyl (C=O) groups is 3. The third-order valence-electron chi connectivity index (χ3n) is 3.71. The lowest BCUT2D eigenvalue weighted by Crippen LogP contribution is -2.32. The monoisotopic (exact) mass is 533 g/mol. The summed E-state index contributed by atoms with van der Waals surface area (Å²) in [6.45, 7) is 0.0779. The van der Waals surface area contributed by atoms with E-state index in [0.717, 1.165) is 4.90 Å². The van der Waals surface area contributed by atoms with E-state index in [-0.39, 0.29) is 28.4 Å². The highest BCUT2D eigenvalue weighted by molar-refractivity contribution is 9.14. The van der Waals surface area contributed by atoms with Gasteiger partial charge in [0.25, 0.3) is 11.8 Å². The summed E-state index contributed by atoms with van der Waals surface area (Å²) >= 11 is 5.94. The Kier molecular flexibility index (Phi) is 7.32. The molecule has 5 nitrogen and oxygen atoms in total. The van der Waals surface area contributed by atoms with E-state index in [2.05, 4.69) is 36.6 Å². The van der Waals surface area contributed by atoms with Crippen LogP contribution in [-0.4, -0.2) is 29.2 Å². The van der Waals surface area contributed by atoms with Crippen molar-refractivity contribution in [3.63, 3.8) is 0 Å². The predicted octanol–water partition coefficient (Wildman–Crippen LogP) is 4.22. The summed E-state index contributed by atoms with van der Waals surface area (Å²) in [4.78, 5) is 36.2. The van der Waals surface area contributed by atoms with Crippen molar-refractivity contribution in [1.29, 1.82) is 0 Å². The van der Waals surface area contributed by atoms with Crippen molar-refractivity contribution in [3.8, 4) is 5.75 Å². The minimum absolute atomic E-state index is 0.0779. The lowest BCUT2D eigenvalue weighted by atomic mass is 10.2. The number of hydrogen-bond donors (Lipinski definition) is 0. The van der Waals surface area contributed by atoms with Gasteiger partial charge in [-0.1, -0.05) is 6.42 Å². The third kappa shape index (κ3) is 4.43. The van der Waals surface area contributed by atoms with Crippen LogP contribution in [0.15, 0.2) is 8.96 Å². The number of benzene rings is 1. The van der Waals surface area contributed by atoms with Crippen LogP contribution in [0, 0.1) is 29.1 Å². The van der Waals surface area contributed by atoms with Gasteiger partial charge in [0.2, 0.25) is 34.8 Å². The molecular weight excluding hydrogens is 525 g/mol. The molecule has 2 amide bonds. The Hall–Kier alpha value is -1.82. The van der Waals surface area contributed by atoms with Crippen LogP contribution >= 0.6 is 31.9 Å². The SMILES string of the molecule is O=C(CCCCCN1C(=O)C(Br)=C(Br)C1=O)Oc1c(F)c(F)c(F)c(F)c1F. The number of amides is 2. The quantitative estimate of drug-likeness (QED) is 0.0999. The Morgan fingerprint density at radius 2 is 1.25 bits per heavy atom. The summed E-state index contributed by atoms with van der Waals surface area (Å²) < 4.78 is 70.4. The second-order valence-electron chi connectivity index (χ2n) is 5.57. The molecule has 0 saturated heterocycles. The topological polar surface area (TPSA) is 63.7 Å². The van der Waals surface area contributed by atoms with E-state index in [1.165, 1.54) is 0 Å². The highest BCUT2D eigenvalue weighted by Gasteiger charge is 2.35. The Bertz CT molecular complexity index is 837. The van der Waals surface area contributed by atoms with Gasteiger partial charge in [-0.25, -0.2) is 13.2 Å². The first-order valence-corrected chi connectivity index (χ1v) is 9.30. The van der Waals surface area contributed by atoms with Crippen molar-refractivity contribution in [2.75, 3.05) is 6.54 Å². The Balaban J connectivity index is 1.82. The number of halogens is 7. The number of ether oxygens (including phenoxy) is 1. The minimum Gasteiger partial charge on any atom is -0.420 e. The van der Waals surface area contributed by atoms with Gasteiger partial charge in [0.15, 0.2) is 0 Å². The van der Waals surface area contributed by atoms with Crippen molar-refractivity contribution >= 4 is 49.6 Å². The van der Waals surface area contributed by atoms with Crippen LogP contribution in [0.2, 0.25) is 0 Å². The third-order valence-corrected chi connectivity index (χ3v) is 5.71. The molecule has 0 bridgehead atoms. The molecule has 0 fully saturated rings. The van der Waals surface area contributed by atoms with Gasteiger partial charge < -0.3 is 4.74 Å². The van der Waals surface area contributed by atoms with E-state index in [4.69, 9.17) is 0 Å². The fourth-order valence-corrected chi connectivity index (χ4v) is 3.04. The van der Waals surface area contributed by atoms with Crippen molar-refractivity contribution in [1.82, 2.24) is 4.90 Å². The van der Waals surface area contributed by atoms with Gasteiger partial charge in [0.05, 0.1) is 0 Å². The van der Waals surface area contributed by atoms with Crippen molar-refractivity contribution in [3.05, 3.63) is 38.1 Å². The zero-order valence-corrected chi connectivity index (χ0v) is 16.9. The first-order chi connectivity index (χ1) is 13.1. The zero-order chi connectivity index (χ0) is 21.2. The van der Waals surface area contributed by atoms with Gasteiger partial charge in [-0.15, -0.1) is 0 Å². The minimum atomic E-state index is -2.35. The van der Waals surface area contributed by atoms with Gasteiger partial charge in [-0.2, -0.15) is 8.78 Å². The predicted molar refractivity (Wildman–Crippen MR) is 91.9 cm³/mol. The van der Waals surface area contributed by atoms with Crippen LogP contribution < -0.4 is 4.74 Å². The standard InChI is InChI=1S/C16H10Br2F5NO4/c17-7-8(18)16(27)24(15(7)26)5-3-1-2-4-6(25)28-14-12(22)10(20)9(19)11(21)13(14)23/h1-5H2. The van der Waals surface area contributed by atoms with Crippen LogP contribution in [0.25, 0.3) is 0 Å². The Labute approximate surface area is 171 Å². The number of hydrogen-bond acceptors (Lipinski definition) is 4. The highest BCUT2D eigenvalue weighted by atomic mass is 79.9. The van der Waals surface area contributed by atoms with Crippen LogP contribution in [0.4, 0.5) is 22.0 Å². The lowest BCUT2D eigenvalue weighted by molar-refractivity contribution is -0.137. The number of imide groups is 1. The molecule has 0 spiro atoms. The molecule has 0 aliphatic carbocycles. The summed E-state index contributed by atoms with van der Waals surface area (Å²) in [7, 11) is 0. The molecule has 0 radical (unpaired) electrons. The summed E-state index contributed by atoms with van der Waals surface area (Å²) in [5.74, 6) is -15.1. The molecule has 152 valence electrons. The summed E-state index contributed by atoms with van der Waals surface area (Å²) in [5.41, 5.74) is 0. The molecular formula is C16H10Br2F5NO4. The number of rotatable bonds is 7. The van der Waals surface area contributed by atoms with E-state index in [1.807, 2.05) is 0 Å². The van der Waals surface area contributed by atoms with E-state index in [9.17, 15) is 36.3 Å². The molecule has 0 atom stereocenters. The molecule has 2 rings (SSSR count). The van der Waals surface area contributed by atoms with E-state index in [0.29, 0.717) is 12.8 Å². The van der Waals surface area contributed by atoms with Gasteiger partial charge in [0.1, 0.15) is 8.96 Å². The second-order valence-corrected chi connectivity index (χ2v) is 7.16. The molecule has 1 aromatic rings. The normalized spacial score (nSPS) is 14.3. The van der Waals surface area contributed by atoms with E-state index < -0.39 is 52.6 Å². The summed E-state index contributed by atoms with van der Waals surface area (Å²) in [5, 5.41) is 0. The molecule has 0 N–H and O–H groups in total. The lowest BCUT2D eigenvalue weighted by Gasteiger charge is -2.13. The summed E-state index contributed by atoms with van der Waals surface area (Å²) in [6, 6.07) is 0. The van der Waals surface area contributed by atoms with E-state index in [1.54, 1.807) is 0 Å². The number of carbonyl (C=O) groups excluding carboxylic acids is 3. The molecule has 0 unspecified atom stereocenters. The molecule has 1 aliphatic rings. The molecule has 12 heteroatoms. The molecule has 1 aromatic carbocycles. The number of nitrogens with zero attached hydrogens (tertiary/aromatic N) is 1. The summed E-state index contributed by atoms with van der Waals surface area (Å²) in [6.07, 6.45) is 0.430. The fraction of sp³-hybridized carbons (Fsp3) is 0.312. The van der Waals surface area contributed by atoms with Crippen LogP contribution in [0.5, 0.6) is 5.75 Å². The van der Waals surface area contributed by atoms with Gasteiger partial charge in [0, 0.05) is 13.0 Å². The molecule has 0 aromatic heterocycles. The van der Waals surface area contributed by atoms with Crippen LogP contribution in [0.3, 0.4) is 0 Å². The number of unbranched alkanes of at least 4 members (excludes halogenated alkanes) is 2. The van der Waals surface area contributed by atoms with Crippen LogP contribution in [0.1, 0.15) is 25.7 Å². The highest BCUT2D eigenvalue weighted by Crippen LogP contribution is 2.30. The van der Waals surface area contributed by atoms with E-state index >= 15 is 0 Å². The van der Waals surface area contributed by atoms with Crippen LogP contribution in [-0.2, 0) is 14.4 Å². The maximum Gasteiger partial charge on any atom is 0.311 e. The Morgan fingerprint density at radius 3 is 1.75 bits per heavy atom. The van der Waals surface area contributed by atoms with Gasteiger partial charge >= 0.3 is 5.97 Å². The number of esters is 1.